The second-order valence-electron chi connectivity index (χ2n) is 8.77. The molecule has 1 saturated heterocycles. The standard InChI is InChI=1S/C24H31N7O5/c1-3-26-22(35)19-17(33)18(34)23(36-19)31-12-28-16-20(25)29-24(30-21(16)31)27-11-10-15-8-6-14(7-9-15)5-4-13(2)32/h6-9,12,17-19,23,33-34H,3-5,10-11H2,1-2H3,(H,26,35)(H3,25,27,29,30)/t17-,18?,19+,23-/m1/s1. The minimum Gasteiger partial charge on any atom is -0.387 e. The van der Waals surface area contributed by atoms with E-state index in [4.69, 9.17) is 10.5 Å². The molecule has 12 nitrogen and oxygen atoms in total. The van der Waals surface area contributed by atoms with Gasteiger partial charge in [0.15, 0.2) is 23.8 Å². The van der Waals surface area contributed by atoms with Gasteiger partial charge in [-0.25, -0.2) is 4.98 Å². The number of Topliss-reactive ketones (excluding diaryl/α,β-unsaturated/α-hetero) is 1. The number of ether oxygens (including phenoxy) is 1. The van der Waals surface area contributed by atoms with E-state index >= 15 is 0 Å². The number of nitrogen functional groups attached to an aromatic ring is 1. The van der Waals surface area contributed by atoms with Crippen LogP contribution in [-0.2, 0) is 27.2 Å². The zero-order chi connectivity index (χ0) is 25.8. The Balaban J connectivity index is 1.45. The Morgan fingerprint density at radius 3 is 2.47 bits per heavy atom. The molecule has 0 saturated carbocycles. The summed E-state index contributed by atoms with van der Waals surface area (Å²) in [7, 11) is 0. The molecule has 3 heterocycles. The number of fused-ring (bicyclic) bond motifs is 1. The van der Waals surface area contributed by atoms with E-state index in [0.717, 1.165) is 17.5 Å². The Hall–Kier alpha value is -3.61. The van der Waals surface area contributed by atoms with Gasteiger partial charge in [0.2, 0.25) is 5.95 Å². The summed E-state index contributed by atoms with van der Waals surface area (Å²) in [5, 5.41) is 26.6. The summed E-state index contributed by atoms with van der Waals surface area (Å²) >= 11 is 0. The molecule has 3 aromatic rings. The number of ketones is 1. The summed E-state index contributed by atoms with van der Waals surface area (Å²) in [6.45, 7) is 4.24. The molecule has 0 radical (unpaired) electrons. The first-order valence-corrected chi connectivity index (χ1v) is 11.9. The van der Waals surface area contributed by atoms with Crippen LogP contribution in [0.3, 0.4) is 0 Å². The van der Waals surface area contributed by atoms with Crippen LogP contribution < -0.4 is 16.4 Å². The summed E-state index contributed by atoms with van der Waals surface area (Å²) in [5.41, 5.74) is 8.93. The molecule has 1 aliphatic heterocycles. The summed E-state index contributed by atoms with van der Waals surface area (Å²) in [4.78, 5) is 36.3. The maximum Gasteiger partial charge on any atom is 0.252 e. The Morgan fingerprint density at radius 2 is 1.81 bits per heavy atom. The highest BCUT2D eigenvalue weighted by Crippen LogP contribution is 2.32. The number of aliphatic hydroxyl groups excluding tert-OH is 2. The van der Waals surface area contributed by atoms with Gasteiger partial charge in [-0.3, -0.25) is 9.36 Å². The average Bonchev–Trinajstić information content (AvgIpc) is 3.40. The zero-order valence-electron chi connectivity index (χ0n) is 20.2. The number of aryl methyl sites for hydroxylation is 1. The number of hydrogen-bond donors (Lipinski definition) is 5. The van der Waals surface area contributed by atoms with Crippen LogP contribution in [0.25, 0.3) is 11.2 Å². The van der Waals surface area contributed by atoms with Crippen LogP contribution in [0.2, 0.25) is 0 Å². The molecule has 1 aromatic carbocycles. The van der Waals surface area contributed by atoms with E-state index in [0.29, 0.717) is 37.1 Å². The summed E-state index contributed by atoms with van der Waals surface area (Å²) in [6.07, 6.45) is -1.74. The van der Waals surface area contributed by atoms with Crippen LogP contribution >= 0.6 is 0 Å². The van der Waals surface area contributed by atoms with Crippen molar-refractivity contribution in [3.05, 3.63) is 41.7 Å². The molecule has 1 aliphatic rings. The molecular weight excluding hydrogens is 466 g/mol. The van der Waals surface area contributed by atoms with E-state index in [1.807, 2.05) is 24.3 Å². The van der Waals surface area contributed by atoms with Gasteiger partial charge in [-0.05, 0) is 37.8 Å². The lowest BCUT2D eigenvalue weighted by Gasteiger charge is -2.16. The smallest absolute Gasteiger partial charge is 0.252 e. The van der Waals surface area contributed by atoms with Crippen LogP contribution in [0.4, 0.5) is 11.8 Å². The minimum atomic E-state index is -1.41. The number of likely N-dealkylation sites (N-methyl/N-ethyl adjacent to an activating group) is 1. The maximum absolute atomic E-state index is 12.2. The van der Waals surface area contributed by atoms with Gasteiger partial charge in [0.1, 0.15) is 23.5 Å². The molecule has 4 atom stereocenters. The van der Waals surface area contributed by atoms with Gasteiger partial charge in [0.25, 0.3) is 5.91 Å². The second-order valence-corrected chi connectivity index (χ2v) is 8.77. The molecule has 192 valence electrons. The molecule has 0 aliphatic carbocycles. The Bertz CT molecular complexity index is 1230. The predicted octanol–water partition coefficient (Wildman–Crippen LogP) is 0.340. The van der Waals surface area contributed by atoms with Gasteiger partial charge in [-0.15, -0.1) is 0 Å². The number of rotatable bonds is 10. The van der Waals surface area contributed by atoms with E-state index in [2.05, 4.69) is 25.6 Å². The Labute approximate surface area is 207 Å². The predicted molar refractivity (Wildman–Crippen MR) is 132 cm³/mol. The highest BCUT2D eigenvalue weighted by molar-refractivity contribution is 5.83. The van der Waals surface area contributed by atoms with E-state index in [-0.39, 0.29) is 17.5 Å². The van der Waals surface area contributed by atoms with Gasteiger partial charge in [0.05, 0.1) is 6.33 Å². The fraction of sp³-hybridized carbons (Fsp3) is 0.458. The monoisotopic (exact) mass is 497 g/mol. The molecule has 0 bridgehead atoms. The van der Waals surface area contributed by atoms with Crippen molar-refractivity contribution in [3.8, 4) is 0 Å². The van der Waals surface area contributed by atoms with Crippen molar-refractivity contribution in [2.75, 3.05) is 24.1 Å². The van der Waals surface area contributed by atoms with E-state index in [1.54, 1.807) is 13.8 Å². The first-order valence-electron chi connectivity index (χ1n) is 11.9. The largest absolute Gasteiger partial charge is 0.387 e. The normalized spacial score (nSPS) is 21.6. The van der Waals surface area contributed by atoms with Crippen molar-refractivity contribution in [1.82, 2.24) is 24.8 Å². The number of carbonyl (C=O) groups is 2. The molecule has 1 unspecified atom stereocenters. The highest BCUT2D eigenvalue weighted by Gasteiger charge is 2.47. The summed E-state index contributed by atoms with van der Waals surface area (Å²) < 4.78 is 7.12. The number of nitrogens with two attached hydrogens (primary N) is 1. The molecule has 1 fully saturated rings. The van der Waals surface area contributed by atoms with Crippen molar-refractivity contribution in [1.29, 1.82) is 0 Å². The minimum absolute atomic E-state index is 0.143. The third kappa shape index (κ3) is 5.45. The molecular formula is C24H31N7O5. The molecule has 1 amide bonds. The fourth-order valence-corrected chi connectivity index (χ4v) is 4.10. The third-order valence-electron chi connectivity index (χ3n) is 6.06. The van der Waals surface area contributed by atoms with Gasteiger partial charge in [-0.2, -0.15) is 9.97 Å². The fourth-order valence-electron chi connectivity index (χ4n) is 4.10. The van der Waals surface area contributed by atoms with E-state index in [1.165, 1.54) is 10.9 Å². The first-order chi connectivity index (χ1) is 17.3. The number of imidazole rings is 1. The summed E-state index contributed by atoms with van der Waals surface area (Å²) in [5.74, 6) is 0.0738. The topological polar surface area (TPSA) is 178 Å². The van der Waals surface area contributed by atoms with Gasteiger partial charge in [-0.1, -0.05) is 24.3 Å². The quantitative estimate of drug-likeness (QED) is 0.262. The van der Waals surface area contributed by atoms with Gasteiger partial charge >= 0.3 is 0 Å². The first kappa shape index (κ1) is 25.5. The number of nitrogens with zero attached hydrogens (tertiary/aromatic N) is 4. The number of anilines is 2. The van der Waals surface area contributed by atoms with Gasteiger partial charge in [0, 0.05) is 19.5 Å². The van der Waals surface area contributed by atoms with Crippen molar-refractivity contribution in [2.45, 2.75) is 57.6 Å². The van der Waals surface area contributed by atoms with Crippen molar-refractivity contribution >= 4 is 34.6 Å². The number of nitrogens with one attached hydrogen (secondary N) is 2. The van der Waals surface area contributed by atoms with E-state index < -0.39 is 30.4 Å². The summed E-state index contributed by atoms with van der Waals surface area (Å²) in [6, 6.07) is 8.10. The number of benzene rings is 1. The number of hydrogen-bond acceptors (Lipinski definition) is 10. The molecule has 2 aromatic heterocycles. The van der Waals surface area contributed by atoms with Crippen molar-refractivity contribution < 1.29 is 24.5 Å². The average molecular weight is 498 g/mol. The lowest BCUT2D eigenvalue weighted by molar-refractivity contribution is -0.137. The van der Waals surface area contributed by atoms with Crippen molar-refractivity contribution in [3.63, 3.8) is 0 Å². The van der Waals surface area contributed by atoms with Crippen LogP contribution in [0.15, 0.2) is 30.6 Å². The number of amides is 1. The van der Waals surface area contributed by atoms with Crippen molar-refractivity contribution in [2.24, 2.45) is 0 Å². The molecule has 0 spiro atoms. The number of carbonyl (C=O) groups excluding carboxylic acids is 2. The molecule has 6 N–H and O–H groups in total. The lowest BCUT2D eigenvalue weighted by atomic mass is 10.0. The van der Waals surface area contributed by atoms with Crippen LogP contribution in [-0.4, -0.2) is 72.8 Å². The zero-order valence-corrected chi connectivity index (χ0v) is 20.2. The molecule has 12 heteroatoms. The highest BCUT2D eigenvalue weighted by atomic mass is 16.6. The van der Waals surface area contributed by atoms with Crippen LogP contribution in [0.5, 0.6) is 0 Å². The second kappa shape index (κ2) is 11.0. The van der Waals surface area contributed by atoms with Crippen LogP contribution in [0, 0.1) is 0 Å². The molecule has 4 rings (SSSR count). The maximum atomic E-state index is 12.2. The van der Waals surface area contributed by atoms with E-state index in [9.17, 15) is 19.8 Å². The number of aliphatic hydroxyl groups is 2. The number of aromatic nitrogens is 4. The van der Waals surface area contributed by atoms with Crippen LogP contribution in [0.1, 0.15) is 37.6 Å². The molecule has 36 heavy (non-hydrogen) atoms. The Morgan fingerprint density at radius 1 is 1.11 bits per heavy atom. The lowest BCUT2D eigenvalue weighted by Crippen LogP contribution is -2.42. The SMILES string of the molecule is CCNC(=O)[C@H]1O[C@@H](n2cnc3c(N)nc(NCCc4ccc(CCC(C)=O)cc4)nc32)C(O)[C@H]1O. The van der Waals surface area contributed by atoms with Gasteiger partial charge < -0.3 is 36.1 Å². The third-order valence-corrected chi connectivity index (χ3v) is 6.06. The Kier molecular flexibility index (Phi) is 7.77.